The molecule has 0 aromatic rings. The van der Waals surface area contributed by atoms with Crippen LogP contribution in [-0.4, -0.2) is 12.6 Å². The van der Waals surface area contributed by atoms with Crippen LogP contribution in [-0.2, 0) is 9.53 Å². The van der Waals surface area contributed by atoms with E-state index in [1.165, 1.54) is 76.7 Å². The first-order valence-corrected chi connectivity index (χ1v) is 9.03. The lowest BCUT2D eigenvalue weighted by Gasteiger charge is -2.14. The van der Waals surface area contributed by atoms with E-state index in [4.69, 9.17) is 4.74 Å². The standard InChI is InChI=1S/C19H36O2/c1-4-7-8-9-10-11-12-13-14-15-18(5-2)16-17-21-19(20)6-3/h6,18H,3-5,7-17H2,1-2H3. The zero-order chi connectivity index (χ0) is 15.8. The van der Waals surface area contributed by atoms with Gasteiger partial charge in [0.1, 0.15) is 0 Å². The van der Waals surface area contributed by atoms with Crippen molar-refractivity contribution in [1.82, 2.24) is 0 Å². The third-order valence-electron chi connectivity index (χ3n) is 4.23. The summed E-state index contributed by atoms with van der Waals surface area (Å²) in [5.74, 6) is 0.403. The molecule has 0 aromatic carbocycles. The number of ether oxygens (including phenoxy) is 1. The Bertz CT molecular complexity index is 248. The van der Waals surface area contributed by atoms with Gasteiger partial charge in [0.05, 0.1) is 6.61 Å². The minimum atomic E-state index is -0.298. The number of hydrogen-bond donors (Lipinski definition) is 0. The highest BCUT2D eigenvalue weighted by Gasteiger charge is 2.07. The number of esters is 1. The van der Waals surface area contributed by atoms with Gasteiger partial charge in [-0.15, -0.1) is 0 Å². The smallest absolute Gasteiger partial charge is 0.330 e. The van der Waals surface area contributed by atoms with E-state index in [1.807, 2.05) is 0 Å². The summed E-state index contributed by atoms with van der Waals surface area (Å²) in [4.78, 5) is 11.0. The normalized spacial score (nSPS) is 12.1. The van der Waals surface area contributed by atoms with Crippen LogP contribution in [0.25, 0.3) is 0 Å². The first-order valence-electron chi connectivity index (χ1n) is 9.03. The van der Waals surface area contributed by atoms with E-state index in [1.54, 1.807) is 0 Å². The third kappa shape index (κ3) is 13.9. The molecule has 0 bridgehead atoms. The molecule has 21 heavy (non-hydrogen) atoms. The van der Waals surface area contributed by atoms with Crippen LogP contribution in [0.5, 0.6) is 0 Å². The first-order chi connectivity index (χ1) is 10.2. The summed E-state index contributed by atoms with van der Waals surface area (Å²) in [5, 5.41) is 0. The number of carbonyl (C=O) groups excluding carboxylic acids is 1. The summed E-state index contributed by atoms with van der Waals surface area (Å²) in [6.07, 6.45) is 17.1. The van der Waals surface area contributed by atoms with E-state index >= 15 is 0 Å². The predicted molar refractivity (Wildman–Crippen MR) is 91.4 cm³/mol. The molecular weight excluding hydrogens is 260 g/mol. The highest BCUT2D eigenvalue weighted by Crippen LogP contribution is 2.18. The molecule has 0 fully saturated rings. The van der Waals surface area contributed by atoms with E-state index in [-0.39, 0.29) is 5.97 Å². The van der Waals surface area contributed by atoms with Gasteiger partial charge in [0.15, 0.2) is 0 Å². The van der Waals surface area contributed by atoms with E-state index in [9.17, 15) is 4.79 Å². The number of carbonyl (C=O) groups is 1. The molecule has 1 unspecified atom stereocenters. The van der Waals surface area contributed by atoms with Crippen LogP contribution in [0.3, 0.4) is 0 Å². The van der Waals surface area contributed by atoms with Crippen molar-refractivity contribution in [3.63, 3.8) is 0 Å². The Morgan fingerprint density at radius 1 is 0.952 bits per heavy atom. The molecule has 2 heteroatoms. The minimum absolute atomic E-state index is 0.298. The molecular formula is C19H36O2. The molecule has 2 nitrogen and oxygen atoms in total. The second kappa shape index (κ2) is 15.6. The minimum Gasteiger partial charge on any atom is -0.463 e. The lowest BCUT2D eigenvalue weighted by Crippen LogP contribution is -2.08. The summed E-state index contributed by atoms with van der Waals surface area (Å²) < 4.78 is 5.06. The van der Waals surface area contributed by atoms with Crippen molar-refractivity contribution < 1.29 is 9.53 Å². The molecule has 0 aromatic heterocycles. The van der Waals surface area contributed by atoms with Gasteiger partial charge in [-0.1, -0.05) is 91.1 Å². The van der Waals surface area contributed by atoms with Gasteiger partial charge < -0.3 is 4.74 Å². The molecule has 0 aliphatic rings. The largest absolute Gasteiger partial charge is 0.463 e. The summed E-state index contributed by atoms with van der Waals surface area (Å²) >= 11 is 0. The second-order valence-corrected chi connectivity index (χ2v) is 6.05. The zero-order valence-corrected chi connectivity index (χ0v) is 14.4. The van der Waals surface area contributed by atoms with Crippen LogP contribution in [0.1, 0.15) is 90.9 Å². The first kappa shape index (κ1) is 20.2. The Morgan fingerprint density at radius 2 is 1.52 bits per heavy atom. The van der Waals surface area contributed by atoms with E-state index in [0.29, 0.717) is 12.5 Å². The van der Waals surface area contributed by atoms with Gasteiger partial charge in [0.2, 0.25) is 0 Å². The van der Waals surface area contributed by atoms with Gasteiger partial charge in [0, 0.05) is 6.08 Å². The van der Waals surface area contributed by atoms with Crippen LogP contribution >= 0.6 is 0 Å². The maximum absolute atomic E-state index is 11.0. The molecule has 0 saturated heterocycles. The number of rotatable bonds is 15. The molecule has 0 radical (unpaired) electrons. The summed E-state index contributed by atoms with van der Waals surface area (Å²) in [7, 11) is 0. The number of hydrogen-bond acceptors (Lipinski definition) is 2. The van der Waals surface area contributed by atoms with Crippen molar-refractivity contribution in [3.8, 4) is 0 Å². The van der Waals surface area contributed by atoms with Gasteiger partial charge in [-0.05, 0) is 12.3 Å². The molecule has 0 aliphatic carbocycles. The Balaban J connectivity index is 3.38. The molecule has 0 heterocycles. The topological polar surface area (TPSA) is 26.3 Å². The van der Waals surface area contributed by atoms with Crippen molar-refractivity contribution in [2.75, 3.05) is 6.61 Å². The maximum Gasteiger partial charge on any atom is 0.330 e. The van der Waals surface area contributed by atoms with E-state index in [2.05, 4.69) is 20.4 Å². The lowest BCUT2D eigenvalue weighted by atomic mass is 9.95. The summed E-state index contributed by atoms with van der Waals surface area (Å²) in [6.45, 7) is 8.44. The van der Waals surface area contributed by atoms with Crippen molar-refractivity contribution in [2.24, 2.45) is 5.92 Å². The fourth-order valence-corrected chi connectivity index (χ4v) is 2.68. The van der Waals surface area contributed by atoms with Gasteiger partial charge in [-0.2, -0.15) is 0 Å². The SMILES string of the molecule is C=CC(=O)OCCC(CC)CCCCCCCCCCC. The van der Waals surface area contributed by atoms with E-state index in [0.717, 1.165) is 6.42 Å². The molecule has 0 amide bonds. The molecule has 0 N–H and O–H groups in total. The van der Waals surface area contributed by atoms with Crippen LogP contribution in [0.15, 0.2) is 12.7 Å². The van der Waals surface area contributed by atoms with Crippen molar-refractivity contribution in [3.05, 3.63) is 12.7 Å². The highest BCUT2D eigenvalue weighted by molar-refractivity contribution is 5.81. The van der Waals surface area contributed by atoms with Gasteiger partial charge in [-0.25, -0.2) is 4.79 Å². The fourth-order valence-electron chi connectivity index (χ4n) is 2.68. The molecule has 0 rings (SSSR count). The second-order valence-electron chi connectivity index (χ2n) is 6.05. The lowest BCUT2D eigenvalue weighted by molar-refractivity contribution is -0.138. The van der Waals surface area contributed by atoms with Crippen LogP contribution in [0.2, 0.25) is 0 Å². The van der Waals surface area contributed by atoms with Crippen LogP contribution in [0, 0.1) is 5.92 Å². The van der Waals surface area contributed by atoms with Crippen LogP contribution < -0.4 is 0 Å². The maximum atomic E-state index is 11.0. The molecule has 0 aliphatic heterocycles. The van der Waals surface area contributed by atoms with Crippen molar-refractivity contribution in [1.29, 1.82) is 0 Å². The van der Waals surface area contributed by atoms with Gasteiger partial charge in [-0.3, -0.25) is 0 Å². The Kier molecular flexibility index (Phi) is 15.0. The van der Waals surface area contributed by atoms with Gasteiger partial charge in [0.25, 0.3) is 0 Å². The molecule has 1 atom stereocenters. The third-order valence-corrected chi connectivity index (χ3v) is 4.23. The Hall–Kier alpha value is -0.790. The Labute approximate surface area is 132 Å². The van der Waals surface area contributed by atoms with Crippen LogP contribution in [0.4, 0.5) is 0 Å². The molecule has 124 valence electrons. The van der Waals surface area contributed by atoms with Gasteiger partial charge >= 0.3 is 5.97 Å². The highest BCUT2D eigenvalue weighted by atomic mass is 16.5. The van der Waals surface area contributed by atoms with E-state index < -0.39 is 0 Å². The molecule has 0 spiro atoms. The quantitative estimate of drug-likeness (QED) is 0.209. The summed E-state index contributed by atoms with van der Waals surface area (Å²) in [6, 6.07) is 0. The average Bonchev–Trinajstić information content (AvgIpc) is 2.51. The Morgan fingerprint density at radius 3 is 2.05 bits per heavy atom. The van der Waals surface area contributed by atoms with Crippen molar-refractivity contribution in [2.45, 2.75) is 90.9 Å². The molecule has 0 saturated carbocycles. The number of unbranched alkanes of at least 4 members (excludes halogenated alkanes) is 8. The zero-order valence-electron chi connectivity index (χ0n) is 14.4. The fraction of sp³-hybridized carbons (Fsp3) is 0.842. The van der Waals surface area contributed by atoms with Crippen molar-refractivity contribution >= 4 is 5.97 Å². The monoisotopic (exact) mass is 296 g/mol. The predicted octanol–water partition coefficient (Wildman–Crippen LogP) is 6.05. The summed E-state index contributed by atoms with van der Waals surface area (Å²) in [5.41, 5.74) is 0. The average molecular weight is 296 g/mol.